The van der Waals surface area contributed by atoms with Crippen molar-refractivity contribution < 1.29 is 14.3 Å². The fourth-order valence-corrected chi connectivity index (χ4v) is 3.36. The fraction of sp³-hybridized carbons (Fsp3) is 0.238. The highest BCUT2D eigenvalue weighted by atomic mass is 16.5. The van der Waals surface area contributed by atoms with Gasteiger partial charge in [-0.15, -0.1) is 0 Å². The number of hydrogen-bond donors (Lipinski definition) is 3. The lowest BCUT2D eigenvalue weighted by Crippen LogP contribution is -2.39. The van der Waals surface area contributed by atoms with Gasteiger partial charge in [-0.2, -0.15) is 0 Å². The van der Waals surface area contributed by atoms with Gasteiger partial charge in [0.1, 0.15) is 0 Å². The van der Waals surface area contributed by atoms with Gasteiger partial charge in [0.05, 0.1) is 17.5 Å². The van der Waals surface area contributed by atoms with E-state index in [1.807, 2.05) is 54.6 Å². The second kappa shape index (κ2) is 7.63. The number of anilines is 1. The third-order valence-electron chi connectivity index (χ3n) is 4.73. The first-order chi connectivity index (χ1) is 13.2. The van der Waals surface area contributed by atoms with Crippen molar-refractivity contribution >= 4 is 28.4 Å². The van der Waals surface area contributed by atoms with E-state index in [9.17, 15) is 9.59 Å². The highest BCUT2D eigenvalue weighted by molar-refractivity contribution is 6.40. The molecule has 0 spiro atoms. The second-order valence-corrected chi connectivity index (χ2v) is 6.59. The number of rotatable bonds is 4. The Morgan fingerprint density at radius 1 is 1.04 bits per heavy atom. The molecule has 6 nitrogen and oxygen atoms in total. The highest BCUT2D eigenvalue weighted by Gasteiger charge is 2.22. The van der Waals surface area contributed by atoms with Crippen LogP contribution in [-0.2, 0) is 14.3 Å². The molecule has 138 valence electrons. The molecule has 1 aliphatic heterocycles. The van der Waals surface area contributed by atoms with E-state index in [0.29, 0.717) is 18.8 Å². The Balaban J connectivity index is 1.57. The van der Waals surface area contributed by atoms with E-state index in [1.165, 1.54) is 0 Å². The molecule has 6 heteroatoms. The molecular formula is C21H21N3O3. The largest absolute Gasteiger partial charge is 0.376 e. The summed E-state index contributed by atoms with van der Waals surface area (Å²) in [7, 11) is 0. The van der Waals surface area contributed by atoms with Crippen LogP contribution in [0.5, 0.6) is 0 Å². The maximum absolute atomic E-state index is 12.5. The smallest absolute Gasteiger partial charge is 0.313 e. The molecule has 0 bridgehead atoms. The van der Waals surface area contributed by atoms with Gasteiger partial charge in [-0.3, -0.25) is 9.59 Å². The summed E-state index contributed by atoms with van der Waals surface area (Å²) in [6, 6.07) is 17.4. The van der Waals surface area contributed by atoms with Crippen molar-refractivity contribution in [2.75, 3.05) is 18.5 Å². The Bertz CT molecular complexity index is 959. The van der Waals surface area contributed by atoms with Crippen LogP contribution in [0.25, 0.3) is 22.2 Å². The van der Waals surface area contributed by atoms with Gasteiger partial charge in [-0.05, 0) is 18.9 Å². The number of aromatic nitrogens is 1. The topological polar surface area (TPSA) is 83.2 Å². The molecule has 27 heavy (non-hydrogen) atoms. The number of fused-ring (bicyclic) bond motifs is 1. The SMILES string of the molecule is O=C(NC[C@H]1CCCO1)C(=O)Nc1c(-c2ccccc2)[nH]c2ccccc12. The highest BCUT2D eigenvalue weighted by Crippen LogP contribution is 2.34. The predicted octanol–water partition coefficient (Wildman–Crippen LogP) is 3.07. The zero-order valence-electron chi connectivity index (χ0n) is 14.8. The molecule has 2 heterocycles. The Hall–Kier alpha value is -3.12. The van der Waals surface area contributed by atoms with E-state index in [4.69, 9.17) is 4.74 Å². The first-order valence-electron chi connectivity index (χ1n) is 9.09. The molecular weight excluding hydrogens is 342 g/mol. The van der Waals surface area contributed by atoms with Crippen molar-refractivity contribution in [3.8, 4) is 11.3 Å². The van der Waals surface area contributed by atoms with Crippen LogP contribution in [0.1, 0.15) is 12.8 Å². The van der Waals surface area contributed by atoms with Crippen molar-refractivity contribution in [1.82, 2.24) is 10.3 Å². The van der Waals surface area contributed by atoms with Crippen LogP contribution in [0.2, 0.25) is 0 Å². The molecule has 2 amide bonds. The van der Waals surface area contributed by atoms with Crippen LogP contribution in [0, 0.1) is 0 Å². The van der Waals surface area contributed by atoms with Crippen molar-refractivity contribution in [3.63, 3.8) is 0 Å². The molecule has 1 fully saturated rings. The Kier molecular flexibility index (Phi) is 4.89. The van der Waals surface area contributed by atoms with Crippen LogP contribution in [0.3, 0.4) is 0 Å². The number of ether oxygens (including phenoxy) is 1. The third kappa shape index (κ3) is 3.71. The van der Waals surface area contributed by atoms with Crippen molar-refractivity contribution in [3.05, 3.63) is 54.6 Å². The molecule has 0 aliphatic carbocycles. The summed E-state index contributed by atoms with van der Waals surface area (Å²) >= 11 is 0. The fourth-order valence-electron chi connectivity index (χ4n) is 3.36. The Morgan fingerprint density at radius 3 is 2.59 bits per heavy atom. The molecule has 1 aliphatic rings. The number of aromatic amines is 1. The lowest BCUT2D eigenvalue weighted by Gasteiger charge is -2.11. The predicted molar refractivity (Wildman–Crippen MR) is 104 cm³/mol. The molecule has 3 N–H and O–H groups in total. The van der Waals surface area contributed by atoms with Crippen molar-refractivity contribution in [1.29, 1.82) is 0 Å². The minimum Gasteiger partial charge on any atom is -0.376 e. The molecule has 1 atom stereocenters. The van der Waals surface area contributed by atoms with E-state index >= 15 is 0 Å². The molecule has 0 saturated carbocycles. The second-order valence-electron chi connectivity index (χ2n) is 6.59. The monoisotopic (exact) mass is 363 g/mol. The average molecular weight is 363 g/mol. The molecule has 3 aromatic rings. The lowest BCUT2D eigenvalue weighted by molar-refractivity contribution is -0.136. The van der Waals surface area contributed by atoms with Gasteiger partial charge in [-0.25, -0.2) is 0 Å². The summed E-state index contributed by atoms with van der Waals surface area (Å²) < 4.78 is 5.47. The van der Waals surface area contributed by atoms with Gasteiger partial charge in [0, 0.05) is 29.6 Å². The van der Waals surface area contributed by atoms with E-state index in [1.54, 1.807) is 0 Å². The number of carbonyl (C=O) groups excluding carboxylic acids is 2. The molecule has 0 unspecified atom stereocenters. The molecule has 4 rings (SSSR count). The number of nitrogens with one attached hydrogen (secondary N) is 3. The van der Waals surface area contributed by atoms with Gasteiger partial charge in [0.2, 0.25) is 0 Å². The minimum absolute atomic E-state index is 0.00489. The summed E-state index contributed by atoms with van der Waals surface area (Å²) in [6.45, 7) is 1.06. The molecule has 1 saturated heterocycles. The van der Waals surface area contributed by atoms with Crippen LogP contribution in [0.4, 0.5) is 5.69 Å². The van der Waals surface area contributed by atoms with Crippen LogP contribution in [0.15, 0.2) is 54.6 Å². The molecule has 0 radical (unpaired) electrons. The van der Waals surface area contributed by atoms with Crippen LogP contribution in [-0.4, -0.2) is 36.1 Å². The van der Waals surface area contributed by atoms with Gasteiger partial charge in [0.15, 0.2) is 0 Å². The number of amides is 2. The number of H-pyrrole nitrogens is 1. The zero-order chi connectivity index (χ0) is 18.6. The van der Waals surface area contributed by atoms with Crippen molar-refractivity contribution in [2.45, 2.75) is 18.9 Å². The van der Waals surface area contributed by atoms with E-state index in [2.05, 4.69) is 15.6 Å². The standard InChI is InChI=1S/C21H21N3O3/c25-20(22-13-15-9-6-12-27-15)21(26)24-19-16-10-4-5-11-17(16)23-18(19)14-7-2-1-3-8-14/h1-5,7-8,10-11,15,23H,6,9,12-13H2,(H,22,25)(H,24,26)/t15-/m1/s1. The van der Waals surface area contributed by atoms with E-state index in [-0.39, 0.29) is 6.10 Å². The average Bonchev–Trinajstić information content (AvgIpc) is 3.35. The van der Waals surface area contributed by atoms with E-state index in [0.717, 1.165) is 35.0 Å². The van der Waals surface area contributed by atoms with Gasteiger partial charge in [0.25, 0.3) is 0 Å². The summed E-state index contributed by atoms with van der Waals surface area (Å²) in [5, 5.41) is 6.30. The molecule has 1 aromatic heterocycles. The number of hydrogen-bond acceptors (Lipinski definition) is 3. The summed E-state index contributed by atoms with van der Waals surface area (Å²) in [6.07, 6.45) is 1.89. The maximum atomic E-state index is 12.5. The van der Waals surface area contributed by atoms with Gasteiger partial charge < -0.3 is 20.4 Å². The van der Waals surface area contributed by atoms with Crippen LogP contribution >= 0.6 is 0 Å². The first-order valence-corrected chi connectivity index (χ1v) is 9.09. The van der Waals surface area contributed by atoms with Crippen molar-refractivity contribution in [2.24, 2.45) is 0 Å². The third-order valence-corrected chi connectivity index (χ3v) is 4.73. The van der Waals surface area contributed by atoms with E-state index < -0.39 is 11.8 Å². The number of para-hydroxylation sites is 1. The Labute approximate surface area is 156 Å². The summed E-state index contributed by atoms with van der Waals surface area (Å²) in [5.41, 5.74) is 3.21. The lowest BCUT2D eigenvalue weighted by atomic mass is 10.1. The summed E-state index contributed by atoms with van der Waals surface area (Å²) in [5.74, 6) is -1.34. The Morgan fingerprint density at radius 2 is 1.81 bits per heavy atom. The molecule has 2 aromatic carbocycles. The first kappa shape index (κ1) is 17.3. The number of benzene rings is 2. The quantitative estimate of drug-likeness (QED) is 0.623. The van der Waals surface area contributed by atoms with Gasteiger partial charge in [-0.1, -0.05) is 48.5 Å². The van der Waals surface area contributed by atoms with Gasteiger partial charge >= 0.3 is 11.8 Å². The van der Waals surface area contributed by atoms with Crippen LogP contribution < -0.4 is 10.6 Å². The zero-order valence-corrected chi connectivity index (χ0v) is 14.8. The number of carbonyl (C=O) groups is 2. The minimum atomic E-state index is -0.685. The maximum Gasteiger partial charge on any atom is 0.313 e. The normalized spacial score (nSPS) is 16.4. The summed E-state index contributed by atoms with van der Waals surface area (Å²) in [4.78, 5) is 28.0.